The molecule has 0 N–H and O–H groups in total. The first-order valence-electron chi connectivity index (χ1n) is 9.16. The molecule has 3 aromatic rings. The van der Waals surface area contributed by atoms with Crippen molar-refractivity contribution >= 4 is 27.3 Å². The second kappa shape index (κ2) is 7.60. The number of hydrogen-bond acceptors (Lipinski definition) is 4. The lowest BCUT2D eigenvalue weighted by Crippen LogP contribution is -2.46. The molecular formula is C20H22BrN5O. The number of benzene rings is 2. The molecule has 0 radical (unpaired) electrons. The third kappa shape index (κ3) is 3.64. The molecule has 0 amide bonds. The van der Waals surface area contributed by atoms with Crippen LogP contribution < -0.4 is 15.5 Å². The Bertz CT molecular complexity index is 953. The molecule has 140 valence electrons. The molecule has 2 heterocycles. The molecule has 1 fully saturated rings. The quantitative estimate of drug-likeness (QED) is 0.641. The summed E-state index contributed by atoms with van der Waals surface area (Å²) in [5, 5.41) is 4.11. The topological polar surface area (TPSA) is 46.3 Å². The van der Waals surface area contributed by atoms with Gasteiger partial charge in [0.15, 0.2) is 0 Å². The van der Waals surface area contributed by atoms with E-state index in [2.05, 4.69) is 67.2 Å². The van der Waals surface area contributed by atoms with Crippen molar-refractivity contribution in [1.82, 2.24) is 14.3 Å². The minimum atomic E-state index is -0.103. The fourth-order valence-electron chi connectivity index (χ4n) is 3.43. The summed E-state index contributed by atoms with van der Waals surface area (Å²) in [4.78, 5) is 17.0. The maximum absolute atomic E-state index is 12.2. The van der Waals surface area contributed by atoms with Gasteiger partial charge in [-0.1, -0.05) is 15.9 Å². The number of aryl methyl sites for hydroxylation is 1. The molecular weight excluding hydrogens is 406 g/mol. The van der Waals surface area contributed by atoms with E-state index in [1.54, 1.807) is 10.9 Å². The van der Waals surface area contributed by atoms with Crippen LogP contribution in [0.25, 0.3) is 5.69 Å². The Morgan fingerprint density at radius 1 is 0.852 bits per heavy atom. The fraction of sp³-hybridized carbons (Fsp3) is 0.300. The lowest BCUT2D eigenvalue weighted by molar-refractivity contribution is 0.629. The monoisotopic (exact) mass is 427 g/mol. The zero-order valence-electron chi connectivity index (χ0n) is 15.3. The maximum atomic E-state index is 12.2. The normalized spacial score (nSPS) is 14.6. The zero-order valence-corrected chi connectivity index (χ0v) is 16.8. The average Bonchev–Trinajstić information content (AvgIpc) is 3.09. The van der Waals surface area contributed by atoms with E-state index in [1.807, 2.05) is 19.1 Å². The van der Waals surface area contributed by atoms with Crippen molar-refractivity contribution in [1.29, 1.82) is 0 Å². The third-order valence-corrected chi connectivity index (χ3v) is 5.53. The molecule has 1 aliphatic rings. The van der Waals surface area contributed by atoms with E-state index in [0.29, 0.717) is 6.54 Å². The van der Waals surface area contributed by atoms with E-state index in [9.17, 15) is 4.79 Å². The van der Waals surface area contributed by atoms with Crippen LogP contribution >= 0.6 is 15.9 Å². The van der Waals surface area contributed by atoms with Crippen LogP contribution in [0.3, 0.4) is 0 Å². The largest absolute Gasteiger partial charge is 0.368 e. The molecule has 0 saturated carbocycles. The van der Waals surface area contributed by atoms with Crippen LogP contribution in [0.5, 0.6) is 0 Å². The molecule has 2 aromatic carbocycles. The average molecular weight is 428 g/mol. The highest BCUT2D eigenvalue weighted by atomic mass is 79.9. The van der Waals surface area contributed by atoms with Crippen LogP contribution in [0.4, 0.5) is 11.4 Å². The lowest BCUT2D eigenvalue weighted by atomic mass is 10.2. The Balaban J connectivity index is 1.43. The van der Waals surface area contributed by atoms with Gasteiger partial charge in [0.1, 0.15) is 6.33 Å². The van der Waals surface area contributed by atoms with Gasteiger partial charge in [-0.15, -0.1) is 0 Å². The molecule has 1 saturated heterocycles. The first-order chi connectivity index (χ1) is 13.2. The summed E-state index contributed by atoms with van der Waals surface area (Å²) in [5.74, 6) is 0. The van der Waals surface area contributed by atoms with Crippen LogP contribution in [0.1, 0.15) is 6.92 Å². The van der Waals surface area contributed by atoms with Gasteiger partial charge in [0.05, 0.1) is 5.69 Å². The van der Waals surface area contributed by atoms with E-state index in [-0.39, 0.29) is 5.69 Å². The summed E-state index contributed by atoms with van der Waals surface area (Å²) in [5.41, 5.74) is 3.19. The van der Waals surface area contributed by atoms with Crippen molar-refractivity contribution in [3.63, 3.8) is 0 Å². The van der Waals surface area contributed by atoms with E-state index < -0.39 is 0 Å². The Labute approximate surface area is 166 Å². The highest BCUT2D eigenvalue weighted by molar-refractivity contribution is 9.10. The van der Waals surface area contributed by atoms with Crippen molar-refractivity contribution in [2.24, 2.45) is 0 Å². The van der Waals surface area contributed by atoms with Crippen LogP contribution in [-0.4, -0.2) is 40.5 Å². The predicted molar refractivity (Wildman–Crippen MR) is 112 cm³/mol. The van der Waals surface area contributed by atoms with E-state index in [0.717, 1.165) is 36.3 Å². The number of aromatic nitrogens is 3. The van der Waals surface area contributed by atoms with Gasteiger partial charge in [0, 0.05) is 48.6 Å². The molecule has 1 aliphatic heterocycles. The smallest absolute Gasteiger partial charge is 0.350 e. The van der Waals surface area contributed by atoms with Crippen LogP contribution in [0.2, 0.25) is 0 Å². The lowest BCUT2D eigenvalue weighted by Gasteiger charge is -2.37. The molecule has 1 aromatic heterocycles. The van der Waals surface area contributed by atoms with Gasteiger partial charge in [-0.2, -0.15) is 5.10 Å². The van der Waals surface area contributed by atoms with Crippen LogP contribution in [0, 0.1) is 0 Å². The Morgan fingerprint density at radius 3 is 1.81 bits per heavy atom. The summed E-state index contributed by atoms with van der Waals surface area (Å²) < 4.78 is 4.14. The first kappa shape index (κ1) is 17.9. The summed E-state index contributed by atoms with van der Waals surface area (Å²) in [6.45, 7) is 6.42. The van der Waals surface area contributed by atoms with Crippen molar-refractivity contribution < 1.29 is 0 Å². The third-order valence-electron chi connectivity index (χ3n) is 5.00. The molecule has 27 heavy (non-hydrogen) atoms. The Morgan fingerprint density at radius 2 is 1.33 bits per heavy atom. The van der Waals surface area contributed by atoms with E-state index >= 15 is 0 Å². The number of nitrogens with zero attached hydrogens (tertiary/aromatic N) is 5. The summed E-state index contributed by atoms with van der Waals surface area (Å²) >= 11 is 3.49. The number of rotatable bonds is 4. The zero-order chi connectivity index (χ0) is 18.8. The van der Waals surface area contributed by atoms with Crippen molar-refractivity contribution in [3.05, 3.63) is 69.8 Å². The minimum absolute atomic E-state index is 0.103. The SMILES string of the molecule is CCn1ncn(-c2ccc(N3CCN(c4ccc(Br)cc4)CC3)cc2)c1=O. The van der Waals surface area contributed by atoms with Crippen LogP contribution in [0.15, 0.2) is 64.1 Å². The van der Waals surface area contributed by atoms with Gasteiger partial charge in [-0.25, -0.2) is 14.0 Å². The molecule has 4 rings (SSSR count). The van der Waals surface area contributed by atoms with E-state index in [4.69, 9.17) is 0 Å². The van der Waals surface area contributed by atoms with Crippen molar-refractivity contribution in [2.45, 2.75) is 13.5 Å². The Hall–Kier alpha value is -2.54. The van der Waals surface area contributed by atoms with E-state index in [1.165, 1.54) is 16.1 Å². The fourth-order valence-corrected chi connectivity index (χ4v) is 3.69. The second-order valence-electron chi connectivity index (χ2n) is 6.57. The molecule has 0 spiro atoms. The summed E-state index contributed by atoms with van der Waals surface area (Å²) in [6, 6.07) is 16.6. The second-order valence-corrected chi connectivity index (χ2v) is 7.48. The minimum Gasteiger partial charge on any atom is -0.368 e. The standard InChI is InChI=1S/C20H22BrN5O/c1-2-26-20(27)25(15-22-26)19-9-7-18(8-10-19)24-13-11-23(12-14-24)17-5-3-16(21)4-6-17/h3-10,15H,2,11-14H2,1H3. The predicted octanol–water partition coefficient (Wildman–Crippen LogP) is 3.14. The first-order valence-corrected chi connectivity index (χ1v) is 9.95. The van der Waals surface area contributed by atoms with Gasteiger partial charge in [-0.05, 0) is 55.5 Å². The summed E-state index contributed by atoms with van der Waals surface area (Å²) in [6.07, 6.45) is 1.58. The molecule has 0 bridgehead atoms. The van der Waals surface area contributed by atoms with Gasteiger partial charge < -0.3 is 9.80 Å². The highest BCUT2D eigenvalue weighted by Gasteiger charge is 2.17. The molecule has 0 atom stereocenters. The number of anilines is 2. The van der Waals surface area contributed by atoms with Crippen LogP contribution in [-0.2, 0) is 6.54 Å². The highest BCUT2D eigenvalue weighted by Crippen LogP contribution is 2.23. The van der Waals surface area contributed by atoms with Crippen molar-refractivity contribution in [2.75, 3.05) is 36.0 Å². The Kier molecular flexibility index (Phi) is 5.03. The number of halogens is 1. The molecule has 7 heteroatoms. The number of hydrogen-bond donors (Lipinski definition) is 0. The van der Waals surface area contributed by atoms with Crippen molar-refractivity contribution in [3.8, 4) is 5.69 Å². The van der Waals surface area contributed by atoms with Gasteiger partial charge in [0.2, 0.25) is 0 Å². The van der Waals surface area contributed by atoms with Gasteiger partial charge >= 0.3 is 5.69 Å². The number of piperazine rings is 1. The van der Waals surface area contributed by atoms with Gasteiger partial charge in [-0.3, -0.25) is 0 Å². The maximum Gasteiger partial charge on any atom is 0.350 e. The van der Waals surface area contributed by atoms with Gasteiger partial charge in [0.25, 0.3) is 0 Å². The molecule has 0 unspecified atom stereocenters. The molecule has 0 aliphatic carbocycles. The summed E-state index contributed by atoms with van der Waals surface area (Å²) in [7, 11) is 0. The molecule has 6 nitrogen and oxygen atoms in total.